The lowest BCUT2D eigenvalue weighted by Gasteiger charge is -2.27. The molecule has 0 aliphatic heterocycles. The molecule has 0 aromatic heterocycles. The van der Waals surface area contributed by atoms with Crippen molar-refractivity contribution in [3.05, 3.63) is 83.9 Å². The van der Waals surface area contributed by atoms with E-state index in [1.54, 1.807) is 0 Å². The highest BCUT2D eigenvalue weighted by Gasteiger charge is 2.23. The zero-order valence-corrected chi connectivity index (χ0v) is 14.0. The molecule has 122 valence electrons. The third-order valence-electron chi connectivity index (χ3n) is 4.32. The molecule has 0 heterocycles. The van der Waals surface area contributed by atoms with Gasteiger partial charge in [-0.1, -0.05) is 79.7 Å². The van der Waals surface area contributed by atoms with Gasteiger partial charge in [-0.2, -0.15) is 5.12 Å². The minimum Gasteiger partial charge on any atom is -0.255 e. The quantitative estimate of drug-likeness (QED) is 0.467. The number of rotatable bonds is 7. The Bertz CT molecular complexity index is 607. The Morgan fingerprint density at radius 3 is 2.13 bits per heavy atom. The predicted octanol–water partition coefficient (Wildman–Crippen LogP) is 3.57. The second-order valence-corrected chi connectivity index (χ2v) is 6.38. The van der Waals surface area contributed by atoms with E-state index < -0.39 is 0 Å². The summed E-state index contributed by atoms with van der Waals surface area (Å²) in [5, 5.41) is 1.27. The van der Waals surface area contributed by atoms with Crippen molar-refractivity contribution < 1.29 is 0 Å². The fourth-order valence-electron chi connectivity index (χ4n) is 2.74. The van der Waals surface area contributed by atoms with Gasteiger partial charge in [0.2, 0.25) is 0 Å². The van der Waals surface area contributed by atoms with E-state index in [1.165, 1.54) is 16.2 Å². The fraction of sp³-hybridized carbons (Fsp3) is 0.300. The molecule has 0 spiro atoms. The SMILES string of the molecule is CC(CC=CC(C)(Cc1ccccc1)c1ccccc1)N(N)N. The van der Waals surface area contributed by atoms with Crippen LogP contribution in [0.5, 0.6) is 0 Å². The summed E-state index contributed by atoms with van der Waals surface area (Å²) in [6, 6.07) is 21.3. The summed E-state index contributed by atoms with van der Waals surface area (Å²) in [5.74, 6) is 11.2. The molecule has 23 heavy (non-hydrogen) atoms. The Hall–Kier alpha value is -1.94. The van der Waals surface area contributed by atoms with Crippen molar-refractivity contribution in [1.82, 2.24) is 5.12 Å². The molecule has 2 unspecified atom stereocenters. The Labute approximate surface area is 139 Å². The lowest BCUT2D eigenvalue weighted by atomic mass is 9.77. The monoisotopic (exact) mass is 309 g/mol. The molecule has 0 fully saturated rings. The fourth-order valence-corrected chi connectivity index (χ4v) is 2.74. The molecular formula is C20H27N3. The zero-order valence-electron chi connectivity index (χ0n) is 14.0. The molecule has 0 aliphatic rings. The molecule has 2 aromatic carbocycles. The van der Waals surface area contributed by atoms with Gasteiger partial charge in [0, 0.05) is 11.5 Å². The van der Waals surface area contributed by atoms with Gasteiger partial charge in [-0.05, 0) is 30.9 Å². The molecule has 3 nitrogen and oxygen atoms in total. The van der Waals surface area contributed by atoms with Crippen molar-refractivity contribution in [3.63, 3.8) is 0 Å². The van der Waals surface area contributed by atoms with Crippen LogP contribution >= 0.6 is 0 Å². The van der Waals surface area contributed by atoms with Crippen LogP contribution in [0.25, 0.3) is 0 Å². The van der Waals surface area contributed by atoms with E-state index >= 15 is 0 Å². The van der Waals surface area contributed by atoms with Crippen LogP contribution in [-0.2, 0) is 11.8 Å². The van der Waals surface area contributed by atoms with Crippen molar-refractivity contribution in [2.45, 2.75) is 38.1 Å². The van der Waals surface area contributed by atoms with Gasteiger partial charge < -0.3 is 0 Å². The van der Waals surface area contributed by atoms with E-state index in [-0.39, 0.29) is 11.5 Å². The molecule has 4 N–H and O–H groups in total. The normalized spacial score (nSPS) is 15.7. The number of nitrogens with two attached hydrogens (primary N) is 2. The van der Waals surface area contributed by atoms with Crippen molar-refractivity contribution in [2.75, 3.05) is 0 Å². The largest absolute Gasteiger partial charge is 0.255 e. The van der Waals surface area contributed by atoms with Crippen molar-refractivity contribution >= 4 is 0 Å². The highest BCUT2D eigenvalue weighted by molar-refractivity contribution is 5.33. The summed E-state index contributed by atoms with van der Waals surface area (Å²) in [6.07, 6.45) is 6.25. The van der Waals surface area contributed by atoms with Crippen LogP contribution < -0.4 is 11.7 Å². The molecule has 0 bridgehead atoms. The van der Waals surface area contributed by atoms with Crippen LogP contribution in [0.15, 0.2) is 72.8 Å². The first-order valence-electron chi connectivity index (χ1n) is 8.07. The smallest absolute Gasteiger partial charge is 0.0401 e. The summed E-state index contributed by atoms with van der Waals surface area (Å²) in [4.78, 5) is 0. The van der Waals surface area contributed by atoms with E-state index in [0.717, 1.165) is 12.8 Å². The second-order valence-electron chi connectivity index (χ2n) is 6.38. The Kier molecular flexibility index (Phi) is 6.11. The molecule has 0 amide bonds. The lowest BCUT2D eigenvalue weighted by molar-refractivity contribution is 0.221. The van der Waals surface area contributed by atoms with Crippen LogP contribution in [0.1, 0.15) is 31.4 Å². The summed E-state index contributed by atoms with van der Waals surface area (Å²) in [5.41, 5.74) is 2.58. The second kappa shape index (κ2) is 8.06. The molecule has 0 aliphatic carbocycles. The van der Waals surface area contributed by atoms with Crippen LogP contribution in [0, 0.1) is 0 Å². The van der Waals surface area contributed by atoms with Crippen LogP contribution in [0.2, 0.25) is 0 Å². The zero-order chi connectivity index (χ0) is 16.7. The lowest BCUT2D eigenvalue weighted by Crippen LogP contribution is -2.44. The molecule has 2 atom stereocenters. The number of allylic oxidation sites excluding steroid dienone is 1. The minimum atomic E-state index is -0.0592. The summed E-state index contributed by atoms with van der Waals surface area (Å²) in [6.45, 7) is 4.29. The Balaban J connectivity index is 2.23. The standard InChI is InChI=1S/C20H27N3/c1-17(23(21)22)10-9-15-20(2,19-13-7-4-8-14-19)16-18-11-5-3-6-12-18/h3-9,11-15,17H,10,16,21-22H2,1-2H3. The van der Waals surface area contributed by atoms with Crippen molar-refractivity contribution in [2.24, 2.45) is 11.7 Å². The van der Waals surface area contributed by atoms with Gasteiger partial charge in [-0.3, -0.25) is 11.7 Å². The molecule has 0 radical (unpaired) electrons. The van der Waals surface area contributed by atoms with E-state index in [1.807, 2.05) is 6.92 Å². The van der Waals surface area contributed by atoms with Crippen molar-refractivity contribution in [1.29, 1.82) is 0 Å². The molecule has 0 saturated carbocycles. The van der Waals surface area contributed by atoms with Gasteiger partial charge >= 0.3 is 0 Å². The average molecular weight is 309 g/mol. The first-order chi connectivity index (χ1) is 11.0. The molecule has 2 aromatic rings. The van der Waals surface area contributed by atoms with Gasteiger partial charge in [0.05, 0.1) is 0 Å². The highest BCUT2D eigenvalue weighted by Crippen LogP contribution is 2.30. The first-order valence-corrected chi connectivity index (χ1v) is 8.07. The summed E-state index contributed by atoms with van der Waals surface area (Å²) < 4.78 is 0. The van der Waals surface area contributed by atoms with Crippen LogP contribution in [0.3, 0.4) is 0 Å². The van der Waals surface area contributed by atoms with Gasteiger partial charge in [-0.15, -0.1) is 0 Å². The maximum Gasteiger partial charge on any atom is 0.0401 e. The van der Waals surface area contributed by atoms with Crippen LogP contribution in [-0.4, -0.2) is 11.2 Å². The van der Waals surface area contributed by atoms with Crippen LogP contribution in [0.4, 0.5) is 0 Å². The van der Waals surface area contributed by atoms with E-state index in [2.05, 4.69) is 79.7 Å². The number of nitrogens with zero attached hydrogens (tertiary/aromatic N) is 1. The van der Waals surface area contributed by atoms with Gasteiger partial charge in [0.25, 0.3) is 0 Å². The van der Waals surface area contributed by atoms with Gasteiger partial charge in [0.1, 0.15) is 0 Å². The number of hydrogen-bond acceptors (Lipinski definition) is 3. The van der Waals surface area contributed by atoms with Gasteiger partial charge in [-0.25, -0.2) is 0 Å². The highest BCUT2D eigenvalue weighted by atomic mass is 15.6. The maximum atomic E-state index is 5.60. The third kappa shape index (κ3) is 5.03. The van der Waals surface area contributed by atoms with Gasteiger partial charge in [0.15, 0.2) is 0 Å². The number of hydrazine groups is 2. The van der Waals surface area contributed by atoms with Crippen molar-refractivity contribution in [3.8, 4) is 0 Å². The minimum absolute atomic E-state index is 0.0592. The Morgan fingerprint density at radius 2 is 1.57 bits per heavy atom. The average Bonchev–Trinajstić information content (AvgIpc) is 2.56. The molecular weight excluding hydrogens is 282 g/mol. The van der Waals surface area contributed by atoms with E-state index in [4.69, 9.17) is 11.7 Å². The summed E-state index contributed by atoms with van der Waals surface area (Å²) >= 11 is 0. The van der Waals surface area contributed by atoms with E-state index in [0.29, 0.717) is 0 Å². The number of hydrogen-bond donors (Lipinski definition) is 2. The summed E-state index contributed by atoms with van der Waals surface area (Å²) in [7, 11) is 0. The molecule has 0 saturated heterocycles. The Morgan fingerprint density at radius 1 is 1.00 bits per heavy atom. The van der Waals surface area contributed by atoms with E-state index in [9.17, 15) is 0 Å². The molecule has 2 rings (SSSR count). The number of benzene rings is 2. The third-order valence-corrected chi connectivity index (χ3v) is 4.32. The topological polar surface area (TPSA) is 55.3 Å². The molecule has 3 heteroatoms. The maximum absolute atomic E-state index is 5.60. The predicted molar refractivity (Wildman–Crippen MR) is 97.4 cm³/mol. The first kappa shape index (κ1) is 17.4.